The monoisotopic (exact) mass is 296 g/mol. The summed E-state index contributed by atoms with van der Waals surface area (Å²) in [7, 11) is 0. The molecule has 0 N–H and O–H groups in total. The number of rotatable bonds is 2. The van der Waals surface area contributed by atoms with Crippen LogP contribution >= 0.6 is 50.6 Å². The van der Waals surface area contributed by atoms with Gasteiger partial charge in [-0.2, -0.15) is 11.8 Å². The number of thioether (sulfide) groups is 1. The summed E-state index contributed by atoms with van der Waals surface area (Å²) >= 11 is 13.5. The van der Waals surface area contributed by atoms with Crippen molar-refractivity contribution >= 4 is 50.6 Å². The summed E-state index contributed by atoms with van der Waals surface area (Å²) < 4.78 is 1.22. The van der Waals surface area contributed by atoms with E-state index in [4.69, 9.17) is 11.6 Å². The van der Waals surface area contributed by atoms with E-state index in [2.05, 4.69) is 28.1 Å². The van der Waals surface area contributed by atoms with Gasteiger partial charge in [-0.15, -0.1) is 22.9 Å². The van der Waals surface area contributed by atoms with Crippen LogP contribution in [-0.2, 0) is 6.42 Å². The summed E-state index contributed by atoms with van der Waals surface area (Å²) in [5.74, 6) is 3.03. The van der Waals surface area contributed by atoms with Crippen molar-refractivity contribution in [2.45, 2.75) is 11.8 Å². The minimum absolute atomic E-state index is 0.380. The zero-order valence-electron chi connectivity index (χ0n) is 7.00. The minimum atomic E-state index is 0.380. The summed E-state index contributed by atoms with van der Waals surface area (Å²) in [6.07, 6.45) is 1.15. The third-order valence-corrected chi connectivity index (χ3v) is 5.81. The molecule has 0 saturated carbocycles. The van der Waals surface area contributed by atoms with Crippen LogP contribution in [0.2, 0.25) is 0 Å². The minimum Gasteiger partial charge on any atom is -0.160 e. The average molecular weight is 298 g/mol. The molecular weight excluding hydrogens is 288 g/mol. The van der Waals surface area contributed by atoms with Crippen LogP contribution < -0.4 is 0 Å². The molecule has 1 aliphatic heterocycles. The summed E-state index contributed by atoms with van der Waals surface area (Å²) in [5, 5.41) is 0.380. The molecule has 4 heteroatoms. The van der Waals surface area contributed by atoms with Crippen molar-refractivity contribution in [1.29, 1.82) is 0 Å². The number of hydrogen-bond donors (Lipinski definition) is 0. The first kappa shape index (κ1) is 10.3. The Morgan fingerprint density at radius 1 is 1.46 bits per heavy atom. The third kappa shape index (κ3) is 2.65. The zero-order valence-corrected chi connectivity index (χ0v) is 11.0. The van der Waals surface area contributed by atoms with Gasteiger partial charge in [0.1, 0.15) is 0 Å². The molecule has 72 valence electrons. The second-order valence-electron chi connectivity index (χ2n) is 3.22. The average Bonchev–Trinajstić information content (AvgIpc) is 2.64. The van der Waals surface area contributed by atoms with E-state index in [1.165, 1.54) is 14.4 Å². The van der Waals surface area contributed by atoms with Gasteiger partial charge >= 0.3 is 0 Å². The van der Waals surface area contributed by atoms with Crippen LogP contribution in [0, 0.1) is 5.92 Å². The lowest BCUT2D eigenvalue weighted by atomic mass is 10.0. The maximum absolute atomic E-state index is 6.21. The van der Waals surface area contributed by atoms with Crippen molar-refractivity contribution in [2.24, 2.45) is 5.92 Å². The van der Waals surface area contributed by atoms with Crippen LogP contribution in [0.5, 0.6) is 0 Å². The highest BCUT2D eigenvalue weighted by atomic mass is 79.9. The molecule has 0 aliphatic carbocycles. The van der Waals surface area contributed by atoms with Gasteiger partial charge in [0, 0.05) is 16.0 Å². The molecule has 2 atom stereocenters. The molecule has 0 nitrogen and oxygen atoms in total. The van der Waals surface area contributed by atoms with Gasteiger partial charge in [0.2, 0.25) is 0 Å². The molecule has 2 rings (SSSR count). The molecule has 1 saturated heterocycles. The van der Waals surface area contributed by atoms with Crippen LogP contribution in [0.15, 0.2) is 15.9 Å². The van der Waals surface area contributed by atoms with Gasteiger partial charge in [-0.3, -0.25) is 0 Å². The molecule has 0 spiro atoms. The van der Waals surface area contributed by atoms with Gasteiger partial charge in [-0.1, -0.05) is 0 Å². The molecule has 13 heavy (non-hydrogen) atoms. The molecule has 1 aliphatic rings. The van der Waals surface area contributed by atoms with Crippen molar-refractivity contribution in [1.82, 2.24) is 0 Å². The smallest absolute Gasteiger partial charge is 0.0701 e. The van der Waals surface area contributed by atoms with Crippen LogP contribution in [0.1, 0.15) is 4.88 Å². The predicted molar refractivity (Wildman–Crippen MR) is 66.2 cm³/mol. The van der Waals surface area contributed by atoms with E-state index >= 15 is 0 Å². The van der Waals surface area contributed by atoms with Gasteiger partial charge in [-0.05, 0) is 46.2 Å². The maximum Gasteiger partial charge on any atom is 0.0701 e. The standard InChI is InChI=1S/C9H10BrClS2/c10-9-2-1-7(13-9)3-6-4-12-5-8(6)11/h1-2,6,8H,3-5H2. The van der Waals surface area contributed by atoms with Crippen LogP contribution in [0.3, 0.4) is 0 Å². The van der Waals surface area contributed by atoms with Crippen LogP contribution in [-0.4, -0.2) is 16.9 Å². The number of thiophene rings is 1. The Morgan fingerprint density at radius 2 is 2.31 bits per heavy atom. The van der Waals surface area contributed by atoms with Gasteiger partial charge in [0.25, 0.3) is 0 Å². The topological polar surface area (TPSA) is 0 Å². The van der Waals surface area contributed by atoms with E-state index < -0.39 is 0 Å². The first-order chi connectivity index (χ1) is 6.25. The lowest BCUT2D eigenvalue weighted by Gasteiger charge is -2.10. The highest BCUT2D eigenvalue weighted by molar-refractivity contribution is 9.11. The maximum atomic E-state index is 6.21. The molecule has 0 bridgehead atoms. The molecule has 2 unspecified atom stereocenters. The zero-order chi connectivity index (χ0) is 9.26. The van der Waals surface area contributed by atoms with E-state index in [0.717, 1.165) is 12.2 Å². The highest BCUT2D eigenvalue weighted by Gasteiger charge is 2.26. The third-order valence-electron chi connectivity index (χ3n) is 2.21. The number of halogens is 2. The predicted octanol–water partition coefficient (Wildman–Crippen LogP) is 4.02. The van der Waals surface area contributed by atoms with E-state index in [1.807, 2.05) is 23.1 Å². The Kier molecular flexibility index (Phi) is 3.63. The summed E-state index contributed by atoms with van der Waals surface area (Å²) in [6, 6.07) is 4.31. The highest BCUT2D eigenvalue weighted by Crippen LogP contribution is 2.33. The lowest BCUT2D eigenvalue weighted by molar-refractivity contribution is 0.609. The van der Waals surface area contributed by atoms with Crippen molar-refractivity contribution < 1.29 is 0 Å². The fourth-order valence-electron chi connectivity index (χ4n) is 1.48. The quantitative estimate of drug-likeness (QED) is 0.743. The van der Waals surface area contributed by atoms with Gasteiger partial charge < -0.3 is 0 Å². The first-order valence-electron chi connectivity index (χ1n) is 4.22. The van der Waals surface area contributed by atoms with Crippen molar-refractivity contribution in [3.63, 3.8) is 0 Å². The Bertz CT molecular complexity index is 287. The van der Waals surface area contributed by atoms with Gasteiger partial charge in [-0.25, -0.2) is 0 Å². The molecular formula is C9H10BrClS2. The number of hydrogen-bond acceptors (Lipinski definition) is 2. The second-order valence-corrected chi connectivity index (χ2v) is 7.41. The lowest BCUT2D eigenvalue weighted by Crippen LogP contribution is -2.13. The summed E-state index contributed by atoms with van der Waals surface area (Å²) in [4.78, 5) is 1.45. The second kappa shape index (κ2) is 4.56. The molecule has 0 amide bonds. The molecule has 1 aromatic heterocycles. The molecule has 1 aromatic rings. The number of alkyl halides is 1. The van der Waals surface area contributed by atoms with E-state index in [-0.39, 0.29) is 0 Å². The van der Waals surface area contributed by atoms with Gasteiger partial charge in [0.15, 0.2) is 0 Å². The normalized spacial score (nSPS) is 28.2. The molecule has 2 heterocycles. The fraction of sp³-hybridized carbons (Fsp3) is 0.556. The molecule has 0 aromatic carbocycles. The van der Waals surface area contributed by atoms with Crippen molar-refractivity contribution in [3.8, 4) is 0 Å². The first-order valence-corrected chi connectivity index (χ1v) is 7.42. The van der Waals surface area contributed by atoms with E-state index in [0.29, 0.717) is 11.3 Å². The summed E-state index contributed by atoms with van der Waals surface area (Å²) in [5.41, 5.74) is 0. The van der Waals surface area contributed by atoms with Crippen molar-refractivity contribution in [3.05, 3.63) is 20.8 Å². The Labute approximate surface area is 100 Å². The largest absolute Gasteiger partial charge is 0.160 e. The SMILES string of the molecule is ClC1CSCC1Cc1ccc(Br)s1. The van der Waals surface area contributed by atoms with E-state index in [9.17, 15) is 0 Å². The van der Waals surface area contributed by atoms with Crippen LogP contribution in [0.25, 0.3) is 0 Å². The Hall–Kier alpha value is 0.820. The van der Waals surface area contributed by atoms with Gasteiger partial charge in [0.05, 0.1) is 3.79 Å². The molecule has 1 fully saturated rings. The van der Waals surface area contributed by atoms with E-state index in [1.54, 1.807) is 0 Å². The fourth-order valence-corrected chi connectivity index (χ4v) is 4.89. The van der Waals surface area contributed by atoms with Crippen LogP contribution in [0.4, 0.5) is 0 Å². The van der Waals surface area contributed by atoms with Crippen molar-refractivity contribution in [2.75, 3.05) is 11.5 Å². The Morgan fingerprint density at radius 3 is 2.85 bits per heavy atom. The Balaban J connectivity index is 1.97. The molecule has 0 radical (unpaired) electrons. The summed E-state index contributed by atoms with van der Waals surface area (Å²) in [6.45, 7) is 0.